The fourth-order valence-electron chi connectivity index (χ4n) is 4.56. The number of alkyl carbamates (subject to hydrolysis) is 1. The summed E-state index contributed by atoms with van der Waals surface area (Å²) < 4.78 is 7.21. The van der Waals surface area contributed by atoms with E-state index in [-0.39, 0.29) is 12.1 Å². The van der Waals surface area contributed by atoms with Crippen LogP contribution in [0.3, 0.4) is 0 Å². The number of rotatable bonds is 8. The summed E-state index contributed by atoms with van der Waals surface area (Å²) in [5, 5.41) is 14.6. The second kappa shape index (κ2) is 10.3. The van der Waals surface area contributed by atoms with E-state index in [1.807, 2.05) is 49.8 Å². The van der Waals surface area contributed by atoms with Gasteiger partial charge in [0.25, 0.3) is 0 Å². The minimum atomic E-state index is -0.486. The molecule has 0 saturated heterocycles. The van der Waals surface area contributed by atoms with Crippen molar-refractivity contribution in [2.45, 2.75) is 83.4 Å². The van der Waals surface area contributed by atoms with Gasteiger partial charge in [-0.1, -0.05) is 12.8 Å². The van der Waals surface area contributed by atoms with Crippen molar-refractivity contribution in [3.8, 4) is 11.3 Å². The van der Waals surface area contributed by atoms with Gasteiger partial charge in [0.1, 0.15) is 11.4 Å². The van der Waals surface area contributed by atoms with Crippen molar-refractivity contribution < 1.29 is 9.53 Å². The molecule has 5 rings (SSSR count). The Balaban J connectivity index is 1.17. The minimum Gasteiger partial charge on any atom is -0.444 e. The predicted octanol–water partition coefficient (Wildman–Crippen LogP) is 4.65. The average Bonchev–Trinajstić information content (AvgIpc) is 3.56. The first-order valence-electron chi connectivity index (χ1n) is 13.0. The van der Waals surface area contributed by atoms with Gasteiger partial charge in [0.15, 0.2) is 5.65 Å². The van der Waals surface area contributed by atoms with Gasteiger partial charge >= 0.3 is 6.09 Å². The number of hydrogen-bond donors (Lipinski definition) is 3. The Kier molecular flexibility index (Phi) is 6.93. The molecule has 3 N–H and O–H groups in total. The van der Waals surface area contributed by atoms with E-state index in [0.717, 1.165) is 60.9 Å². The largest absolute Gasteiger partial charge is 0.444 e. The Bertz CT molecular complexity index is 1170. The van der Waals surface area contributed by atoms with Crippen molar-refractivity contribution in [2.75, 3.05) is 17.2 Å². The molecule has 3 heterocycles. The van der Waals surface area contributed by atoms with Gasteiger partial charge in [0.05, 0.1) is 11.9 Å². The molecule has 2 aliphatic carbocycles. The zero-order valence-electron chi connectivity index (χ0n) is 21.3. The second-order valence-corrected chi connectivity index (χ2v) is 10.9. The van der Waals surface area contributed by atoms with E-state index in [9.17, 15) is 4.79 Å². The third-order valence-electron chi connectivity index (χ3n) is 6.64. The smallest absolute Gasteiger partial charge is 0.407 e. The van der Waals surface area contributed by atoms with Crippen molar-refractivity contribution in [1.29, 1.82) is 0 Å². The Morgan fingerprint density at radius 1 is 1.00 bits per heavy atom. The molecule has 2 saturated carbocycles. The highest BCUT2D eigenvalue weighted by Gasteiger charge is 2.25. The zero-order valence-corrected chi connectivity index (χ0v) is 21.3. The monoisotopic (exact) mass is 492 g/mol. The summed E-state index contributed by atoms with van der Waals surface area (Å²) in [5.74, 6) is 2.33. The molecule has 0 atom stereocenters. The third kappa shape index (κ3) is 6.41. The summed E-state index contributed by atoms with van der Waals surface area (Å²) in [5.41, 5.74) is 2.00. The molecule has 0 spiro atoms. The van der Waals surface area contributed by atoms with E-state index in [0.29, 0.717) is 12.0 Å². The maximum Gasteiger partial charge on any atom is 0.407 e. The number of anilines is 2. The minimum absolute atomic E-state index is 0.139. The first-order valence-corrected chi connectivity index (χ1v) is 13.0. The fourth-order valence-corrected chi connectivity index (χ4v) is 4.56. The highest BCUT2D eigenvalue weighted by Crippen LogP contribution is 2.32. The molecule has 2 aliphatic rings. The van der Waals surface area contributed by atoms with Gasteiger partial charge < -0.3 is 20.7 Å². The van der Waals surface area contributed by atoms with Crippen LogP contribution in [0.25, 0.3) is 16.9 Å². The summed E-state index contributed by atoms with van der Waals surface area (Å²) in [4.78, 5) is 25.5. The molecule has 0 aromatic carbocycles. The molecular formula is C26H36N8O2. The van der Waals surface area contributed by atoms with Crippen LogP contribution in [-0.4, -0.2) is 54.9 Å². The number of carbonyl (C=O) groups excluding carboxylic acids is 1. The zero-order chi connectivity index (χ0) is 25.1. The number of fused-ring (bicyclic) bond motifs is 1. The average molecular weight is 493 g/mol. The normalized spacial score (nSPS) is 20.2. The number of aromatic nitrogens is 5. The van der Waals surface area contributed by atoms with Crippen LogP contribution < -0.4 is 16.0 Å². The van der Waals surface area contributed by atoms with Crippen LogP contribution in [0.1, 0.15) is 65.7 Å². The van der Waals surface area contributed by atoms with Crippen LogP contribution in [0.15, 0.2) is 30.7 Å². The number of nitrogens with zero attached hydrogens (tertiary/aromatic N) is 5. The lowest BCUT2D eigenvalue weighted by atomic mass is 9.91. The Hall–Kier alpha value is -3.43. The number of nitrogens with one attached hydrogen (secondary N) is 3. The number of imidazole rings is 1. The van der Waals surface area contributed by atoms with Crippen molar-refractivity contribution >= 4 is 23.5 Å². The van der Waals surface area contributed by atoms with Crippen LogP contribution in [0.2, 0.25) is 0 Å². The van der Waals surface area contributed by atoms with Gasteiger partial charge in [-0.05, 0) is 70.9 Å². The van der Waals surface area contributed by atoms with E-state index in [1.165, 1.54) is 19.3 Å². The summed E-state index contributed by atoms with van der Waals surface area (Å²) in [6.45, 7) is 6.53. The topological polar surface area (TPSA) is 118 Å². The molecule has 3 aromatic heterocycles. The van der Waals surface area contributed by atoms with Gasteiger partial charge in [0, 0.05) is 36.6 Å². The molecule has 1 amide bonds. The van der Waals surface area contributed by atoms with Crippen LogP contribution >= 0.6 is 0 Å². The number of hydrogen-bond acceptors (Lipinski definition) is 8. The SMILES string of the molecule is CC(C)(C)OC(=O)N[C@H]1CC[C@H](Nc2ccc3ncc(-c4cnc(NCCC5CC5)nc4)n3n2)CC1. The highest BCUT2D eigenvalue weighted by atomic mass is 16.6. The fraction of sp³-hybridized carbons (Fsp3) is 0.577. The molecule has 192 valence electrons. The van der Waals surface area contributed by atoms with Crippen LogP contribution in [-0.2, 0) is 4.74 Å². The summed E-state index contributed by atoms with van der Waals surface area (Å²) in [6, 6.07) is 4.35. The van der Waals surface area contributed by atoms with Gasteiger partial charge in [-0.25, -0.2) is 24.3 Å². The molecule has 10 nitrogen and oxygen atoms in total. The van der Waals surface area contributed by atoms with Crippen molar-refractivity contribution in [1.82, 2.24) is 29.9 Å². The highest BCUT2D eigenvalue weighted by molar-refractivity contribution is 5.68. The number of carbonyl (C=O) groups is 1. The van der Waals surface area contributed by atoms with E-state index < -0.39 is 5.60 Å². The Morgan fingerprint density at radius 2 is 1.72 bits per heavy atom. The second-order valence-electron chi connectivity index (χ2n) is 10.9. The predicted molar refractivity (Wildman–Crippen MR) is 139 cm³/mol. The summed E-state index contributed by atoms with van der Waals surface area (Å²) >= 11 is 0. The van der Waals surface area contributed by atoms with E-state index in [2.05, 4.69) is 30.9 Å². The van der Waals surface area contributed by atoms with Crippen molar-refractivity contribution in [3.63, 3.8) is 0 Å². The maximum atomic E-state index is 12.1. The molecular weight excluding hydrogens is 456 g/mol. The molecule has 36 heavy (non-hydrogen) atoms. The number of amides is 1. The Morgan fingerprint density at radius 3 is 2.42 bits per heavy atom. The Labute approximate surface area is 211 Å². The first kappa shape index (κ1) is 24.3. The van der Waals surface area contributed by atoms with Crippen molar-refractivity contribution in [2.24, 2.45) is 5.92 Å². The summed E-state index contributed by atoms with van der Waals surface area (Å²) in [7, 11) is 0. The molecule has 0 radical (unpaired) electrons. The summed E-state index contributed by atoms with van der Waals surface area (Å²) in [6.07, 6.45) is 12.7. The van der Waals surface area contributed by atoms with Crippen LogP contribution in [0, 0.1) is 5.92 Å². The lowest BCUT2D eigenvalue weighted by Gasteiger charge is -2.30. The van der Waals surface area contributed by atoms with Crippen LogP contribution in [0.4, 0.5) is 16.6 Å². The number of ether oxygens (including phenoxy) is 1. The van der Waals surface area contributed by atoms with Crippen LogP contribution in [0.5, 0.6) is 0 Å². The van der Waals surface area contributed by atoms with E-state index >= 15 is 0 Å². The molecule has 10 heteroatoms. The third-order valence-corrected chi connectivity index (χ3v) is 6.64. The van der Waals surface area contributed by atoms with Gasteiger partial charge in [0.2, 0.25) is 5.95 Å². The first-order chi connectivity index (χ1) is 17.3. The van der Waals surface area contributed by atoms with Crippen molar-refractivity contribution in [3.05, 3.63) is 30.7 Å². The standard InChI is InChI=1S/C26H36N8O2/c1-26(2,3)36-25(35)32-20-8-6-19(7-9-20)31-22-10-11-23-28-16-21(34(23)33-22)18-14-29-24(30-15-18)27-13-12-17-4-5-17/h10-11,14-17,19-20H,4-9,12-13H2,1-3H3,(H,31,33)(H,32,35)(H,27,29,30)/t19-,20-. The molecule has 2 fully saturated rings. The van der Waals surface area contributed by atoms with E-state index in [1.54, 1.807) is 6.20 Å². The van der Waals surface area contributed by atoms with E-state index in [4.69, 9.17) is 9.84 Å². The molecule has 3 aromatic rings. The molecule has 0 bridgehead atoms. The molecule has 0 unspecified atom stereocenters. The van der Waals surface area contributed by atoms with Gasteiger partial charge in [-0.3, -0.25) is 0 Å². The quantitative estimate of drug-likeness (QED) is 0.416. The van der Waals surface area contributed by atoms with Gasteiger partial charge in [-0.15, -0.1) is 5.10 Å². The lowest BCUT2D eigenvalue weighted by molar-refractivity contribution is 0.0492. The lowest BCUT2D eigenvalue weighted by Crippen LogP contribution is -2.42. The maximum absolute atomic E-state index is 12.1. The van der Waals surface area contributed by atoms with Gasteiger partial charge in [-0.2, -0.15) is 0 Å². The molecule has 0 aliphatic heterocycles.